The minimum Gasteiger partial charge on any atom is -0.207 e. The van der Waals surface area contributed by atoms with Gasteiger partial charge in [-0.2, -0.15) is 9.57 Å². The Morgan fingerprint density at radius 1 is 1.22 bits per heavy atom. The molecule has 118 valence electrons. The van der Waals surface area contributed by atoms with Crippen molar-refractivity contribution in [3.8, 4) is 6.07 Å². The molecule has 0 aliphatic heterocycles. The summed E-state index contributed by atoms with van der Waals surface area (Å²) in [6.45, 7) is 3.89. The molecule has 0 spiro atoms. The van der Waals surface area contributed by atoms with Gasteiger partial charge in [0.15, 0.2) is 0 Å². The van der Waals surface area contributed by atoms with E-state index in [0.29, 0.717) is 5.56 Å². The summed E-state index contributed by atoms with van der Waals surface area (Å²) in [5.41, 5.74) is 1.21. The molecule has 0 amide bonds. The standard InChI is InChI=1S/C17H15ClN2O2S/c1-2-10-20(13-15-7-5-6-14(11-15)12-19)23(21,22)17-9-4-3-8-16(17)18/h2-9,11H,1,10,13H2. The molecule has 0 atom stereocenters. The highest BCUT2D eigenvalue weighted by molar-refractivity contribution is 7.89. The second kappa shape index (κ2) is 7.42. The van der Waals surface area contributed by atoms with E-state index in [0.717, 1.165) is 5.56 Å². The Labute approximate surface area is 141 Å². The van der Waals surface area contributed by atoms with E-state index in [1.54, 1.807) is 36.4 Å². The van der Waals surface area contributed by atoms with Crippen LogP contribution in [0.4, 0.5) is 0 Å². The number of hydrogen-bond donors (Lipinski definition) is 0. The molecule has 0 aliphatic carbocycles. The third-order valence-electron chi connectivity index (χ3n) is 3.20. The van der Waals surface area contributed by atoms with Crippen molar-refractivity contribution < 1.29 is 8.42 Å². The normalized spacial score (nSPS) is 11.2. The number of halogens is 1. The molecule has 0 aromatic heterocycles. The summed E-state index contributed by atoms with van der Waals surface area (Å²) in [5, 5.41) is 9.13. The van der Waals surface area contributed by atoms with E-state index in [-0.39, 0.29) is 23.0 Å². The molecule has 0 heterocycles. The summed E-state index contributed by atoms with van der Waals surface area (Å²) in [4.78, 5) is 0.0555. The lowest BCUT2D eigenvalue weighted by Gasteiger charge is -2.21. The van der Waals surface area contributed by atoms with E-state index in [4.69, 9.17) is 16.9 Å². The molecule has 2 aromatic carbocycles. The van der Waals surface area contributed by atoms with Gasteiger partial charge in [0.05, 0.1) is 16.7 Å². The monoisotopic (exact) mass is 346 g/mol. The van der Waals surface area contributed by atoms with Crippen molar-refractivity contribution in [3.63, 3.8) is 0 Å². The Bertz CT molecular complexity index is 857. The maximum atomic E-state index is 12.8. The first-order valence-electron chi connectivity index (χ1n) is 6.83. The second-order valence-electron chi connectivity index (χ2n) is 4.83. The molecule has 2 aromatic rings. The van der Waals surface area contributed by atoms with Crippen LogP contribution < -0.4 is 0 Å². The molecule has 0 fully saturated rings. The summed E-state index contributed by atoms with van der Waals surface area (Å²) in [6, 6.07) is 15.2. The molecule has 2 rings (SSSR count). The van der Waals surface area contributed by atoms with Crippen LogP contribution in [-0.4, -0.2) is 19.3 Å². The fourth-order valence-electron chi connectivity index (χ4n) is 2.13. The smallest absolute Gasteiger partial charge is 0.207 e. The van der Waals surface area contributed by atoms with Crippen molar-refractivity contribution in [1.29, 1.82) is 5.26 Å². The van der Waals surface area contributed by atoms with Gasteiger partial charge in [-0.3, -0.25) is 0 Å². The SMILES string of the molecule is C=CCN(Cc1cccc(C#N)c1)S(=O)(=O)c1ccccc1Cl. The van der Waals surface area contributed by atoms with E-state index in [2.05, 4.69) is 6.58 Å². The first-order valence-corrected chi connectivity index (χ1v) is 8.65. The highest BCUT2D eigenvalue weighted by atomic mass is 35.5. The van der Waals surface area contributed by atoms with Crippen molar-refractivity contribution in [3.05, 3.63) is 77.3 Å². The first kappa shape index (κ1) is 17.2. The fourth-order valence-corrected chi connectivity index (χ4v) is 4.02. The average Bonchev–Trinajstić information content (AvgIpc) is 2.55. The lowest BCUT2D eigenvalue weighted by Crippen LogP contribution is -2.31. The zero-order chi connectivity index (χ0) is 16.9. The minimum absolute atomic E-state index is 0.0555. The molecular weight excluding hydrogens is 332 g/mol. The molecule has 6 heteroatoms. The van der Waals surface area contributed by atoms with Gasteiger partial charge in [-0.05, 0) is 29.8 Å². The van der Waals surface area contributed by atoms with Gasteiger partial charge in [-0.1, -0.05) is 41.9 Å². The molecule has 0 bridgehead atoms. The van der Waals surface area contributed by atoms with Gasteiger partial charge in [0.2, 0.25) is 10.0 Å². The maximum Gasteiger partial charge on any atom is 0.245 e. The van der Waals surface area contributed by atoms with Crippen LogP contribution in [0.25, 0.3) is 0 Å². The van der Waals surface area contributed by atoms with Crippen LogP contribution in [0.5, 0.6) is 0 Å². The zero-order valence-corrected chi connectivity index (χ0v) is 13.9. The maximum absolute atomic E-state index is 12.8. The van der Waals surface area contributed by atoms with Gasteiger partial charge in [-0.15, -0.1) is 6.58 Å². The third kappa shape index (κ3) is 3.99. The average molecular weight is 347 g/mol. The highest BCUT2D eigenvalue weighted by Crippen LogP contribution is 2.25. The summed E-state index contributed by atoms with van der Waals surface area (Å²) in [6.07, 6.45) is 1.52. The van der Waals surface area contributed by atoms with Crippen molar-refractivity contribution in [2.45, 2.75) is 11.4 Å². The fraction of sp³-hybridized carbons (Fsp3) is 0.118. The van der Waals surface area contributed by atoms with E-state index in [9.17, 15) is 8.42 Å². The van der Waals surface area contributed by atoms with Crippen molar-refractivity contribution in [2.24, 2.45) is 0 Å². The van der Waals surface area contributed by atoms with E-state index in [1.807, 2.05) is 6.07 Å². The summed E-state index contributed by atoms with van der Waals surface area (Å²) >= 11 is 6.03. The molecule has 23 heavy (non-hydrogen) atoms. The van der Waals surface area contributed by atoms with Crippen LogP contribution in [-0.2, 0) is 16.6 Å². The van der Waals surface area contributed by atoms with Crippen molar-refractivity contribution in [2.75, 3.05) is 6.54 Å². The molecule has 0 unspecified atom stereocenters. The summed E-state index contributed by atoms with van der Waals surface area (Å²) < 4.78 is 26.9. The number of nitriles is 1. The number of hydrogen-bond acceptors (Lipinski definition) is 3. The highest BCUT2D eigenvalue weighted by Gasteiger charge is 2.25. The Balaban J connectivity index is 2.40. The largest absolute Gasteiger partial charge is 0.245 e. The Morgan fingerprint density at radius 3 is 2.61 bits per heavy atom. The van der Waals surface area contributed by atoms with Crippen LogP contribution in [0, 0.1) is 11.3 Å². The minimum atomic E-state index is -3.76. The number of sulfonamides is 1. The Hall–Kier alpha value is -2.13. The first-order chi connectivity index (χ1) is 11.0. The Morgan fingerprint density at radius 2 is 1.96 bits per heavy atom. The molecule has 0 N–H and O–H groups in total. The summed E-state index contributed by atoms with van der Waals surface area (Å²) in [7, 11) is -3.76. The lowest BCUT2D eigenvalue weighted by atomic mass is 10.1. The molecule has 0 saturated carbocycles. The number of nitrogens with zero attached hydrogens (tertiary/aromatic N) is 2. The molecule has 4 nitrogen and oxygen atoms in total. The van der Waals surface area contributed by atoms with Gasteiger partial charge < -0.3 is 0 Å². The van der Waals surface area contributed by atoms with E-state index >= 15 is 0 Å². The van der Waals surface area contributed by atoms with Crippen LogP contribution in [0.2, 0.25) is 5.02 Å². The van der Waals surface area contributed by atoms with E-state index in [1.165, 1.54) is 22.5 Å². The van der Waals surface area contributed by atoms with Crippen LogP contribution in [0.1, 0.15) is 11.1 Å². The van der Waals surface area contributed by atoms with Gasteiger partial charge >= 0.3 is 0 Å². The lowest BCUT2D eigenvalue weighted by molar-refractivity contribution is 0.438. The zero-order valence-electron chi connectivity index (χ0n) is 12.3. The predicted molar refractivity (Wildman–Crippen MR) is 90.4 cm³/mol. The van der Waals surface area contributed by atoms with Gasteiger partial charge in [0, 0.05) is 13.1 Å². The van der Waals surface area contributed by atoms with Crippen LogP contribution >= 0.6 is 11.6 Å². The molecular formula is C17H15ClN2O2S. The van der Waals surface area contributed by atoms with Crippen LogP contribution in [0.15, 0.2) is 66.1 Å². The van der Waals surface area contributed by atoms with Gasteiger partial charge in [0.1, 0.15) is 4.90 Å². The Kier molecular flexibility index (Phi) is 5.56. The molecule has 0 aliphatic rings. The predicted octanol–water partition coefficient (Wildman–Crippen LogP) is 3.59. The van der Waals surface area contributed by atoms with Gasteiger partial charge in [-0.25, -0.2) is 8.42 Å². The molecule has 0 saturated heterocycles. The topological polar surface area (TPSA) is 61.2 Å². The third-order valence-corrected chi connectivity index (χ3v) is 5.51. The van der Waals surface area contributed by atoms with Crippen molar-refractivity contribution in [1.82, 2.24) is 4.31 Å². The van der Waals surface area contributed by atoms with Crippen LogP contribution in [0.3, 0.4) is 0 Å². The van der Waals surface area contributed by atoms with Crippen molar-refractivity contribution >= 4 is 21.6 Å². The van der Waals surface area contributed by atoms with E-state index < -0.39 is 10.0 Å². The number of rotatable bonds is 6. The number of benzene rings is 2. The summed E-state index contributed by atoms with van der Waals surface area (Å²) in [5.74, 6) is 0. The quantitative estimate of drug-likeness (QED) is 0.751. The second-order valence-corrected chi connectivity index (χ2v) is 7.14. The van der Waals surface area contributed by atoms with Gasteiger partial charge in [0.25, 0.3) is 0 Å². The molecule has 0 radical (unpaired) electrons.